The Balaban J connectivity index is 0.000000180. The summed E-state index contributed by atoms with van der Waals surface area (Å²) in [6.07, 6.45) is 10.4. The number of anilines is 2. The van der Waals surface area contributed by atoms with Gasteiger partial charge in [-0.3, -0.25) is 29.9 Å². The van der Waals surface area contributed by atoms with Crippen LogP contribution < -0.4 is 31.5 Å². The van der Waals surface area contributed by atoms with Crippen molar-refractivity contribution in [3.05, 3.63) is 95.1 Å². The predicted molar refractivity (Wildman–Crippen MR) is 287 cm³/mol. The van der Waals surface area contributed by atoms with Crippen molar-refractivity contribution in [2.75, 3.05) is 49.1 Å². The molecule has 0 saturated carbocycles. The molecule has 3 aliphatic rings. The van der Waals surface area contributed by atoms with Gasteiger partial charge in [0.15, 0.2) is 0 Å². The molecule has 3 aliphatic heterocycles. The van der Waals surface area contributed by atoms with Gasteiger partial charge in [-0.1, -0.05) is 26.8 Å². The third kappa shape index (κ3) is 14.8. The summed E-state index contributed by atoms with van der Waals surface area (Å²) in [5.41, 5.74) is 13.2. The first-order chi connectivity index (χ1) is 32.6. The molecule has 0 spiro atoms. The molecule has 5 N–H and O–H groups in total. The van der Waals surface area contributed by atoms with Crippen molar-refractivity contribution in [3.63, 3.8) is 0 Å². The number of hydrogen-bond donors (Lipinski definition) is 4. The third-order valence-electron chi connectivity index (χ3n) is 12.3. The number of nitrogens with zero attached hydrogens (tertiary/aromatic N) is 8. The van der Waals surface area contributed by atoms with Gasteiger partial charge in [0.05, 0.1) is 63.4 Å². The Morgan fingerprint density at radius 2 is 1.04 bits per heavy atom. The molecule has 378 valence electrons. The first kappa shape index (κ1) is 55.4. The number of alkyl carbamates (subject to hydrolysis) is 2. The molecule has 18 heteroatoms. The number of amides is 2. The van der Waals surface area contributed by atoms with Crippen LogP contribution in [0.5, 0.6) is 0 Å². The monoisotopic (exact) mass is 1040 g/mol. The standard InChI is InChI=1S/C19H26N4O2.C14H18N4.C10H20N2O2.C9H7BrN2.ClH/c1-12-10-23(11-15(12)22-18(24)25-19(3,4)5)16-9-21-13(2)17-14(16)7-6-8-20-17;1-9-7-18(8-12(9)15)13-6-17-10(2)14-11(13)4-3-5-16-14;1-7-5-11-6-8(7)12-9(13)14-10(2,3)4;1-6-9-7(3-2-4-11-9)8(10)5-12-6;/h6-9,12,15H,10-11H2,1-5H3,(H,22,24);3-6,9,12H,7-8,15H2,1-2H3;7-8,11H,5-6H2,1-4H3,(H,12,13);2-5H,1H3;1H/t12-,15+;9-,12+;7-,8+;;/m111../s1. The van der Waals surface area contributed by atoms with E-state index in [0.29, 0.717) is 17.8 Å². The molecule has 0 bridgehead atoms. The second kappa shape index (κ2) is 24.1. The molecule has 6 aromatic rings. The van der Waals surface area contributed by atoms with Crippen molar-refractivity contribution in [1.29, 1.82) is 0 Å². The fraction of sp³-hybridized carbons (Fsp3) is 0.500. The van der Waals surface area contributed by atoms with Crippen LogP contribution in [-0.4, -0.2) is 111 Å². The normalized spacial score (nSPS) is 20.8. The van der Waals surface area contributed by atoms with E-state index in [-0.39, 0.29) is 42.7 Å². The van der Waals surface area contributed by atoms with Gasteiger partial charge in [0.1, 0.15) is 11.2 Å². The average molecular weight is 1040 g/mol. The van der Waals surface area contributed by atoms with Crippen LogP contribution in [0.4, 0.5) is 21.0 Å². The molecular formula is C52H72BrClN12O4. The Morgan fingerprint density at radius 1 is 0.614 bits per heavy atom. The van der Waals surface area contributed by atoms with Crippen LogP contribution in [0.2, 0.25) is 0 Å². The van der Waals surface area contributed by atoms with Gasteiger partial charge in [-0.25, -0.2) is 9.59 Å². The number of aryl methyl sites for hydroxylation is 3. The zero-order chi connectivity index (χ0) is 50.2. The molecule has 0 radical (unpaired) electrons. The number of rotatable bonds is 4. The Bertz CT molecular complexity index is 2670. The lowest BCUT2D eigenvalue weighted by molar-refractivity contribution is 0.0487. The number of pyridine rings is 6. The second-order valence-electron chi connectivity index (χ2n) is 20.4. The molecule has 9 heterocycles. The summed E-state index contributed by atoms with van der Waals surface area (Å²) in [5.74, 6) is 1.32. The van der Waals surface area contributed by atoms with E-state index in [1.165, 1.54) is 5.39 Å². The van der Waals surface area contributed by atoms with Crippen LogP contribution in [0.25, 0.3) is 32.7 Å². The fourth-order valence-corrected chi connectivity index (χ4v) is 8.94. The molecule has 9 rings (SSSR count). The van der Waals surface area contributed by atoms with Gasteiger partial charge < -0.3 is 41.0 Å². The summed E-state index contributed by atoms with van der Waals surface area (Å²) >= 11 is 3.43. The van der Waals surface area contributed by atoms with E-state index in [9.17, 15) is 9.59 Å². The minimum absolute atomic E-state index is 0. The van der Waals surface area contributed by atoms with Gasteiger partial charge in [0, 0.05) is 90.2 Å². The van der Waals surface area contributed by atoms with Crippen LogP contribution in [0.3, 0.4) is 0 Å². The summed E-state index contributed by atoms with van der Waals surface area (Å²) in [4.78, 5) is 54.4. The maximum Gasteiger partial charge on any atom is 0.407 e. The molecule has 70 heavy (non-hydrogen) atoms. The van der Waals surface area contributed by atoms with Crippen LogP contribution >= 0.6 is 28.3 Å². The predicted octanol–water partition coefficient (Wildman–Crippen LogP) is 9.25. The zero-order valence-corrected chi connectivity index (χ0v) is 45.1. The smallest absolute Gasteiger partial charge is 0.407 e. The number of carbonyl (C=O) groups is 2. The lowest BCUT2D eigenvalue weighted by Gasteiger charge is -2.23. The maximum atomic E-state index is 12.1. The summed E-state index contributed by atoms with van der Waals surface area (Å²) < 4.78 is 11.6. The molecule has 0 aliphatic carbocycles. The van der Waals surface area contributed by atoms with Gasteiger partial charge in [-0.05, 0) is 133 Å². The summed E-state index contributed by atoms with van der Waals surface area (Å²) in [7, 11) is 0. The van der Waals surface area contributed by atoms with Crippen molar-refractivity contribution >= 4 is 84.6 Å². The fourth-order valence-electron chi connectivity index (χ4n) is 8.51. The number of fused-ring (bicyclic) bond motifs is 3. The Kier molecular flexibility index (Phi) is 19.1. The number of aromatic nitrogens is 6. The van der Waals surface area contributed by atoms with E-state index < -0.39 is 11.2 Å². The highest BCUT2D eigenvalue weighted by Crippen LogP contribution is 2.32. The Morgan fingerprint density at radius 3 is 1.47 bits per heavy atom. The number of nitrogens with two attached hydrogens (primary N) is 1. The maximum absolute atomic E-state index is 12.1. The first-order valence-electron chi connectivity index (χ1n) is 23.8. The minimum atomic E-state index is -0.492. The quantitative estimate of drug-likeness (QED) is 0.130. The lowest BCUT2D eigenvalue weighted by Crippen LogP contribution is -2.42. The minimum Gasteiger partial charge on any atom is -0.444 e. The molecule has 3 saturated heterocycles. The molecule has 16 nitrogen and oxygen atoms in total. The van der Waals surface area contributed by atoms with Crippen LogP contribution in [-0.2, 0) is 9.47 Å². The number of halogens is 2. The van der Waals surface area contributed by atoms with Crippen LogP contribution in [0, 0.1) is 38.5 Å². The first-order valence-corrected chi connectivity index (χ1v) is 24.6. The zero-order valence-electron chi connectivity index (χ0n) is 42.7. The van der Waals surface area contributed by atoms with Crippen molar-refractivity contribution in [3.8, 4) is 0 Å². The van der Waals surface area contributed by atoms with Gasteiger partial charge in [0.25, 0.3) is 0 Å². The highest BCUT2D eigenvalue weighted by Gasteiger charge is 2.33. The van der Waals surface area contributed by atoms with Crippen molar-refractivity contribution in [1.82, 2.24) is 45.9 Å². The largest absolute Gasteiger partial charge is 0.444 e. The van der Waals surface area contributed by atoms with Crippen LogP contribution in [0.1, 0.15) is 79.4 Å². The molecule has 2 amide bonds. The number of ether oxygens (including phenoxy) is 2. The average Bonchev–Trinajstić information content (AvgIpc) is 3.97. The van der Waals surface area contributed by atoms with E-state index >= 15 is 0 Å². The number of nitrogens with one attached hydrogen (secondary N) is 3. The van der Waals surface area contributed by atoms with E-state index in [1.54, 1.807) is 18.6 Å². The molecule has 6 aromatic heterocycles. The van der Waals surface area contributed by atoms with Gasteiger partial charge in [-0.2, -0.15) is 0 Å². The van der Waals surface area contributed by atoms with E-state index in [0.717, 1.165) is 99.5 Å². The third-order valence-corrected chi connectivity index (χ3v) is 12.9. The summed E-state index contributed by atoms with van der Waals surface area (Å²) in [6.45, 7) is 28.9. The molecular weight excluding hydrogens is 972 g/mol. The Hall–Kier alpha value is -5.49. The van der Waals surface area contributed by atoms with E-state index in [1.807, 2.05) is 105 Å². The van der Waals surface area contributed by atoms with E-state index in [4.69, 9.17) is 15.2 Å². The summed E-state index contributed by atoms with van der Waals surface area (Å²) in [6, 6.07) is 12.6. The van der Waals surface area contributed by atoms with E-state index in [2.05, 4.69) is 104 Å². The van der Waals surface area contributed by atoms with Gasteiger partial charge >= 0.3 is 12.2 Å². The van der Waals surface area contributed by atoms with Crippen LogP contribution in [0.15, 0.2) is 78.1 Å². The molecule has 3 fully saturated rings. The number of carbonyl (C=O) groups excluding carboxylic acids is 2. The van der Waals surface area contributed by atoms with Crippen molar-refractivity contribution in [2.24, 2.45) is 23.5 Å². The SMILES string of the molecule is C[C@@H]1CNC[C@@H]1NC(=O)OC(C)(C)C.Cc1ncc(Br)c2cccnc12.Cc1ncc(N2C[C@@H](C)[C@@H](N)C2)c2cccnc12.Cc1ncc(N2C[C@@H](C)[C@@H](NC(=O)OC(C)(C)C)C2)c2cccnc12.Cl. The second-order valence-corrected chi connectivity index (χ2v) is 21.3. The molecule has 6 atom stereocenters. The van der Waals surface area contributed by atoms with Gasteiger partial charge in [-0.15, -0.1) is 12.4 Å². The van der Waals surface area contributed by atoms with Crippen molar-refractivity contribution in [2.45, 2.75) is 112 Å². The highest BCUT2D eigenvalue weighted by molar-refractivity contribution is 9.10. The number of hydrogen-bond acceptors (Lipinski definition) is 14. The lowest BCUT2D eigenvalue weighted by atomic mass is 10.1. The molecule has 0 aromatic carbocycles. The Labute approximate surface area is 427 Å². The highest BCUT2D eigenvalue weighted by atomic mass is 79.9. The van der Waals surface area contributed by atoms with Crippen molar-refractivity contribution < 1.29 is 19.1 Å². The topological polar surface area (TPSA) is 199 Å². The summed E-state index contributed by atoms with van der Waals surface area (Å²) in [5, 5.41) is 12.5. The van der Waals surface area contributed by atoms with Gasteiger partial charge in [0.2, 0.25) is 0 Å². The molecule has 0 unspecified atom stereocenters.